The van der Waals surface area contributed by atoms with E-state index in [4.69, 9.17) is 5.11 Å². The first-order chi connectivity index (χ1) is 8.91. The van der Waals surface area contributed by atoms with E-state index in [0.717, 1.165) is 23.3 Å². The molecule has 2 unspecified atom stereocenters. The first-order valence-electron chi connectivity index (χ1n) is 6.49. The molecule has 5 heteroatoms. The maximum absolute atomic E-state index is 11.9. The summed E-state index contributed by atoms with van der Waals surface area (Å²) >= 11 is 1.44. The lowest BCUT2D eigenvalue weighted by Crippen LogP contribution is -2.32. The van der Waals surface area contributed by atoms with E-state index in [-0.39, 0.29) is 17.9 Å². The van der Waals surface area contributed by atoms with E-state index < -0.39 is 5.97 Å². The number of nitrogens with one attached hydrogen (secondary N) is 1. The van der Waals surface area contributed by atoms with Crippen LogP contribution in [0.5, 0.6) is 0 Å². The van der Waals surface area contributed by atoms with Crippen molar-refractivity contribution in [2.75, 3.05) is 0 Å². The van der Waals surface area contributed by atoms with Crippen molar-refractivity contribution in [3.63, 3.8) is 0 Å². The van der Waals surface area contributed by atoms with Crippen molar-refractivity contribution >= 4 is 23.2 Å². The van der Waals surface area contributed by atoms with Gasteiger partial charge in [-0.2, -0.15) is 0 Å². The smallest absolute Gasteiger partial charge is 0.306 e. The zero-order valence-electron chi connectivity index (χ0n) is 11.6. The van der Waals surface area contributed by atoms with E-state index in [2.05, 4.69) is 5.32 Å². The summed E-state index contributed by atoms with van der Waals surface area (Å²) in [4.78, 5) is 23.4. The molecule has 4 nitrogen and oxygen atoms in total. The molecule has 0 aliphatic rings. The first kappa shape index (κ1) is 15.7. The molecule has 0 fully saturated rings. The Labute approximate surface area is 117 Å². The summed E-state index contributed by atoms with van der Waals surface area (Å²) in [5, 5.41) is 13.6. The van der Waals surface area contributed by atoms with Gasteiger partial charge in [0.1, 0.15) is 0 Å². The Balaban J connectivity index is 2.32. The van der Waals surface area contributed by atoms with E-state index in [1.165, 1.54) is 11.3 Å². The van der Waals surface area contributed by atoms with Gasteiger partial charge >= 0.3 is 5.97 Å². The van der Waals surface area contributed by atoms with Crippen LogP contribution in [0, 0.1) is 12.8 Å². The Morgan fingerprint density at radius 3 is 2.58 bits per heavy atom. The molecule has 19 heavy (non-hydrogen) atoms. The highest BCUT2D eigenvalue weighted by atomic mass is 32.1. The van der Waals surface area contributed by atoms with Crippen molar-refractivity contribution in [3.8, 4) is 0 Å². The number of carbonyl (C=O) groups excluding carboxylic acids is 1. The molecule has 1 aromatic rings. The van der Waals surface area contributed by atoms with Gasteiger partial charge in [0.05, 0.1) is 10.8 Å². The van der Waals surface area contributed by atoms with Crippen LogP contribution in [0.2, 0.25) is 0 Å². The highest BCUT2D eigenvalue weighted by Crippen LogP contribution is 2.16. The van der Waals surface area contributed by atoms with E-state index in [0.29, 0.717) is 6.42 Å². The summed E-state index contributed by atoms with van der Waals surface area (Å²) < 4.78 is 0. The van der Waals surface area contributed by atoms with E-state index >= 15 is 0 Å². The van der Waals surface area contributed by atoms with E-state index in [1.54, 1.807) is 6.92 Å². The van der Waals surface area contributed by atoms with Gasteiger partial charge in [0.25, 0.3) is 5.91 Å². The third-order valence-electron chi connectivity index (χ3n) is 3.14. The van der Waals surface area contributed by atoms with Crippen LogP contribution in [0.1, 0.15) is 48.3 Å². The Hall–Kier alpha value is -1.36. The molecule has 106 valence electrons. The average molecular weight is 283 g/mol. The second-order valence-corrected chi connectivity index (χ2v) is 5.89. The van der Waals surface area contributed by atoms with Crippen LogP contribution >= 0.6 is 11.3 Å². The van der Waals surface area contributed by atoms with Crippen molar-refractivity contribution in [2.24, 2.45) is 5.92 Å². The molecular formula is C14H21NO3S. The average Bonchev–Trinajstić information content (AvgIpc) is 2.75. The molecule has 2 N–H and O–H groups in total. The van der Waals surface area contributed by atoms with E-state index in [9.17, 15) is 9.59 Å². The van der Waals surface area contributed by atoms with Crippen LogP contribution in [-0.2, 0) is 4.79 Å². The lowest BCUT2D eigenvalue weighted by Gasteiger charge is -2.14. The number of aliphatic carboxylic acids is 1. The number of hydrogen-bond acceptors (Lipinski definition) is 3. The molecule has 0 aliphatic heterocycles. The Morgan fingerprint density at radius 2 is 2.05 bits per heavy atom. The second kappa shape index (κ2) is 7.28. The summed E-state index contributed by atoms with van der Waals surface area (Å²) in [5.41, 5.74) is 0.995. The van der Waals surface area contributed by atoms with Gasteiger partial charge in [-0.25, -0.2) is 0 Å². The quantitative estimate of drug-likeness (QED) is 0.808. The minimum Gasteiger partial charge on any atom is -0.481 e. The van der Waals surface area contributed by atoms with Gasteiger partial charge in [0.2, 0.25) is 0 Å². The summed E-state index contributed by atoms with van der Waals surface area (Å²) in [7, 11) is 0. The molecule has 0 saturated carbocycles. The molecule has 0 saturated heterocycles. The number of rotatable bonds is 7. The highest BCUT2D eigenvalue weighted by molar-refractivity contribution is 7.12. The predicted octanol–water partition coefficient (Wildman–Crippen LogP) is 3.07. The Bertz CT molecular complexity index is 442. The molecule has 0 radical (unpaired) electrons. The van der Waals surface area contributed by atoms with Crippen LogP contribution in [0.15, 0.2) is 11.4 Å². The van der Waals surface area contributed by atoms with Crippen LogP contribution in [0.3, 0.4) is 0 Å². The number of amides is 1. The van der Waals surface area contributed by atoms with Gasteiger partial charge in [0.15, 0.2) is 0 Å². The van der Waals surface area contributed by atoms with Gasteiger partial charge in [0, 0.05) is 6.04 Å². The number of carbonyl (C=O) groups is 2. The fourth-order valence-corrected chi connectivity index (χ4v) is 2.65. The Morgan fingerprint density at radius 1 is 1.37 bits per heavy atom. The monoisotopic (exact) mass is 283 g/mol. The van der Waals surface area contributed by atoms with Crippen LogP contribution in [-0.4, -0.2) is 23.0 Å². The molecular weight excluding hydrogens is 262 g/mol. The zero-order chi connectivity index (χ0) is 14.4. The first-order valence-corrected chi connectivity index (χ1v) is 7.37. The number of carboxylic acid groups (broad SMARTS) is 1. The van der Waals surface area contributed by atoms with Gasteiger partial charge < -0.3 is 10.4 Å². The molecule has 0 bridgehead atoms. The largest absolute Gasteiger partial charge is 0.481 e. The van der Waals surface area contributed by atoms with Crippen LogP contribution < -0.4 is 5.32 Å². The lowest BCUT2D eigenvalue weighted by atomic mass is 10.0. The maximum atomic E-state index is 11.9. The SMILES string of the molecule is Cc1ccsc1C(=O)NC(C)CCCC(C)C(=O)O. The van der Waals surface area contributed by atoms with Crippen molar-refractivity contribution in [3.05, 3.63) is 21.9 Å². The molecule has 1 heterocycles. The molecule has 1 rings (SSSR count). The maximum Gasteiger partial charge on any atom is 0.306 e. The molecule has 0 aromatic carbocycles. The third-order valence-corrected chi connectivity index (χ3v) is 4.16. The molecule has 1 amide bonds. The van der Waals surface area contributed by atoms with Gasteiger partial charge in [-0.05, 0) is 43.7 Å². The molecule has 0 spiro atoms. The van der Waals surface area contributed by atoms with Gasteiger partial charge in [-0.3, -0.25) is 9.59 Å². The van der Waals surface area contributed by atoms with Crippen molar-refractivity contribution in [1.82, 2.24) is 5.32 Å². The second-order valence-electron chi connectivity index (χ2n) is 4.98. The summed E-state index contributed by atoms with van der Waals surface area (Å²) in [6, 6.07) is 1.99. The Kier molecular flexibility index (Phi) is 6.02. The topological polar surface area (TPSA) is 66.4 Å². The fourth-order valence-electron chi connectivity index (χ4n) is 1.82. The molecule has 2 atom stereocenters. The van der Waals surface area contributed by atoms with Gasteiger partial charge in [-0.15, -0.1) is 11.3 Å². The minimum absolute atomic E-state index is 0.0358. The van der Waals surface area contributed by atoms with E-state index in [1.807, 2.05) is 25.3 Å². The normalized spacial score (nSPS) is 13.8. The summed E-state index contributed by atoms with van der Waals surface area (Å²) in [6.45, 7) is 5.58. The number of aryl methyl sites for hydroxylation is 1. The molecule has 0 aliphatic carbocycles. The zero-order valence-corrected chi connectivity index (χ0v) is 12.4. The minimum atomic E-state index is -0.758. The van der Waals surface area contributed by atoms with Crippen molar-refractivity contribution in [2.45, 2.75) is 46.1 Å². The van der Waals surface area contributed by atoms with Crippen molar-refractivity contribution in [1.29, 1.82) is 0 Å². The third kappa shape index (κ3) is 5.03. The predicted molar refractivity (Wildman–Crippen MR) is 76.6 cm³/mol. The van der Waals surface area contributed by atoms with Crippen LogP contribution in [0.4, 0.5) is 0 Å². The fraction of sp³-hybridized carbons (Fsp3) is 0.571. The van der Waals surface area contributed by atoms with Gasteiger partial charge in [-0.1, -0.05) is 13.3 Å². The number of hydrogen-bond donors (Lipinski definition) is 2. The summed E-state index contributed by atoms with van der Waals surface area (Å²) in [5.74, 6) is -1.11. The molecule has 1 aromatic heterocycles. The lowest BCUT2D eigenvalue weighted by molar-refractivity contribution is -0.141. The summed E-state index contributed by atoms with van der Waals surface area (Å²) in [6.07, 6.45) is 2.25. The highest BCUT2D eigenvalue weighted by Gasteiger charge is 2.14. The number of thiophene rings is 1. The van der Waals surface area contributed by atoms with Crippen molar-refractivity contribution < 1.29 is 14.7 Å². The van der Waals surface area contributed by atoms with Crippen LogP contribution in [0.25, 0.3) is 0 Å². The standard InChI is InChI=1S/C14H21NO3S/c1-9-7-8-19-12(9)13(16)15-11(3)6-4-5-10(2)14(17)18/h7-8,10-11H,4-6H2,1-3H3,(H,15,16)(H,17,18). The number of carboxylic acids is 1.